The van der Waals surface area contributed by atoms with E-state index in [1.165, 1.54) is 5.56 Å². The van der Waals surface area contributed by atoms with Gasteiger partial charge in [-0.3, -0.25) is 4.90 Å². The second-order valence-corrected chi connectivity index (χ2v) is 6.55. The lowest BCUT2D eigenvalue weighted by Crippen LogP contribution is -2.46. The molecule has 7 heteroatoms. The Balaban J connectivity index is 1.45. The minimum Gasteiger partial charge on any atom is -0.383 e. The van der Waals surface area contributed by atoms with Crippen molar-refractivity contribution in [3.05, 3.63) is 48.5 Å². The average molecular weight is 352 g/mol. The van der Waals surface area contributed by atoms with Crippen LogP contribution in [0.25, 0.3) is 11.2 Å². The number of aromatic nitrogens is 4. The van der Waals surface area contributed by atoms with E-state index in [9.17, 15) is 0 Å². The predicted molar refractivity (Wildman–Crippen MR) is 101 cm³/mol. The SMILES string of the molecule is COCCn1cnc2c(N3CCN(Cc4ccccc4)CC3)ncnc21. The van der Waals surface area contributed by atoms with Crippen molar-refractivity contribution >= 4 is 17.0 Å². The molecule has 26 heavy (non-hydrogen) atoms. The highest BCUT2D eigenvalue weighted by molar-refractivity contribution is 5.83. The summed E-state index contributed by atoms with van der Waals surface area (Å²) >= 11 is 0. The second-order valence-electron chi connectivity index (χ2n) is 6.55. The first-order chi connectivity index (χ1) is 12.8. The Morgan fingerprint density at radius 2 is 1.81 bits per heavy atom. The third-order valence-corrected chi connectivity index (χ3v) is 4.84. The maximum Gasteiger partial charge on any atom is 0.165 e. The molecule has 7 nitrogen and oxygen atoms in total. The van der Waals surface area contributed by atoms with Crippen molar-refractivity contribution in [1.29, 1.82) is 0 Å². The molecule has 0 amide bonds. The van der Waals surface area contributed by atoms with Gasteiger partial charge in [0.15, 0.2) is 17.0 Å². The Kier molecular flexibility index (Phi) is 5.08. The van der Waals surface area contributed by atoms with Gasteiger partial charge in [0.05, 0.1) is 12.9 Å². The first-order valence-electron chi connectivity index (χ1n) is 9.01. The smallest absolute Gasteiger partial charge is 0.165 e. The number of fused-ring (bicyclic) bond motifs is 1. The zero-order chi connectivity index (χ0) is 17.8. The summed E-state index contributed by atoms with van der Waals surface area (Å²) in [6.45, 7) is 6.32. The predicted octanol–water partition coefficient (Wildman–Crippen LogP) is 1.79. The van der Waals surface area contributed by atoms with Crippen LogP contribution in [0.3, 0.4) is 0 Å². The zero-order valence-electron chi connectivity index (χ0n) is 15.1. The van der Waals surface area contributed by atoms with E-state index in [0.29, 0.717) is 6.61 Å². The van der Waals surface area contributed by atoms with Crippen LogP contribution in [0.2, 0.25) is 0 Å². The highest BCUT2D eigenvalue weighted by atomic mass is 16.5. The number of hydrogen-bond donors (Lipinski definition) is 0. The van der Waals surface area contributed by atoms with Crippen LogP contribution in [0.4, 0.5) is 5.82 Å². The maximum atomic E-state index is 5.16. The number of piperazine rings is 1. The molecule has 1 fully saturated rings. The molecule has 1 saturated heterocycles. The van der Waals surface area contributed by atoms with E-state index >= 15 is 0 Å². The lowest BCUT2D eigenvalue weighted by atomic mass is 10.2. The van der Waals surface area contributed by atoms with Gasteiger partial charge in [0.25, 0.3) is 0 Å². The van der Waals surface area contributed by atoms with Crippen molar-refractivity contribution in [1.82, 2.24) is 24.4 Å². The molecule has 0 unspecified atom stereocenters. The van der Waals surface area contributed by atoms with Gasteiger partial charge in [0, 0.05) is 46.4 Å². The summed E-state index contributed by atoms with van der Waals surface area (Å²) < 4.78 is 7.19. The molecule has 1 aliphatic rings. The Morgan fingerprint density at radius 3 is 2.58 bits per heavy atom. The number of hydrogen-bond acceptors (Lipinski definition) is 6. The molecule has 3 heterocycles. The molecular weight excluding hydrogens is 328 g/mol. The van der Waals surface area contributed by atoms with Crippen LogP contribution in [0.15, 0.2) is 43.0 Å². The molecule has 0 N–H and O–H groups in total. The van der Waals surface area contributed by atoms with Crippen molar-refractivity contribution in [3.8, 4) is 0 Å². The minimum atomic E-state index is 0.642. The summed E-state index contributed by atoms with van der Waals surface area (Å²) in [7, 11) is 1.70. The van der Waals surface area contributed by atoms with Gasteiger partial charge in [-0.25, -0.2) is 15.0 Å². The summed E-state index contributed by atoms with van der Waals surface area (Å²) in [6, 6.07) is 10.6. The number of methoxy groups -OCH3 is 1. The Morgan fingerprint density at radius 1 is 1.00 bits per heavy atom. The van der Waals surface area contributed by atoms with Gasteiger partial charge in [-0.05, 0) is 5.56 Å². The van der Waals surface area contributed by atoms with Crippen LogP contribution >= 0.6 is 0 Å². The van der Waals surface area contributed by atoms with Crippen molar-refractivity contribution < 1.29 is 4.74 Å². The fraction of sp³-hybridized carbons (Fsp3) is 0.421. The number of rotatable bonds is 6. The first kappa shape index (κ1) is 16.9. The molecule has 0 atom stereocenters. The van der Waals surface area contributed by atoms with Crippen molar-refractivity contribution in [3.63, 3.8) is 0 Å². The molecule has 0 spiro atoms. The van der Waals surface area contributed by atoms with Gasteiger partial charge < -0.3 is 14.2 Å². The van der Waals surface area contributed by atoms with E-state index in [2.05, 4.69) is 55.1 Å². The molecule has 3 aromatic rings. The third-order valence-electron chi connectivity index (χ3n) is 4.84. The summed E-state index contributed by atoms with van der Waals surface area (Å²) in [5.41, 5.74) is 3.11. The zero-order valence-corrected chi connectivity index (χ0v) is 15.1. The third kappa shape index (κ3) is 3.54. The van der Waals surface area contributed by atoms with E-state index in [1.54, 1.807) is 13.4 Å². The Bertz CT molecular complexity index is 842. The van der Waals surface area contributed by atoms with Crippen LogP contribution in [0, 0.1) is 0 Å². The van der Waals surface area contributed by atoms with E-state index in [0.717, 1.165) is 56.3 Å². The standard InChI is InChI=1S/C19H24N6O/c1-26-12-11-25-15-22-17-18(20-14-21-19(17)25)24-9-7-23(8-10-24)13-16-5-3-2-4-6-16/h2-6,14-15H,7-13H2,1H3. The quantitative estimate of drug-likeness (QED) is 0.674. The molecule has 1 aliphatic heterocycles. The van der Waals surface area contributed by atoms with Gasteiger partial charge in [-0.1, -0.05) is 30.3 Å². The van der Waals surface area contributed by atoms with Crippen LogP contribution in [0.1, 0.15) is 5.56 Å². The topological polar surface area (TPSA) is 59.3 Å². The van der Waals surface area contributed by atoms with Gasteiger partial charge in [-0.2, -0.15) is 0 Å². The van der Waals surface area contributed by atoms with E-state index in [1.807, 2.05) is 10.9 Å². The van der Waals surface area contributed by atoms with E-state index in [-0.39, 0.29) is 0 Å². The largest absolute Gasteiger partial charge is 0.383 e. The van der Waals surface area contributed by atoms with E-state index < -0.39 is 0 Å². The molecule has 0 radical (unpaired) electrons. The monoisotopic (exact) mass is 352 g/mol. The van der Waals surface area contributed by atoms with Crippen LogP contribution < -0.4 is 4.90 Å². The molecule has 0 saturated carbocycles. The Hall–Kier alpha value is -2.51. The minimum absolute atomic E-state index is 0.642. The molecule has 0 bridgehead atoms. The fourth-order valence-electron chi connectivity index (χ4n) is 3.41. The average Bonchev–Trinajstić information content (AvgIpc) is 3.11. The number of imidazole rings is 1. The number of anilines is 1. The van der Waals surface area contributed by atoms with Crippen LogP contribution in [0.5, 0.6) is 0 Å². The van der Waals surface area contributed by atoms with Crippen molar-refractivity contribution in [2.45, 2.75) is 13.1 Å². The highest BCUT2D eigenvalue weighted by Gasteiger charge is 2.21. The highest BCUT2D eigenvalue weighted by Crippen LogP contribution is 2.23. The number of ether oxygens (including phenoxy) is 1. The summed E-state index contributed by atoms with van der Waals surface area (Å²) in [5.74, 6) is 0.936. The maximum absolute atomic E-state index is 5.16. The molecule has 0 aliphatic carbocycles. The Labute approximate surface area is 153 Å². The second kappa shape index (κ2) is 7.80. The van der Waals surface area contributed by atoms with Crippen LogP contribution in [-0.4, -0.2) is 64.3 Å². The molecule has 1 aromatic carbocycles. The van der Waals surface area contributed by atoms with Crippen molar-refractivity contribution in [2.75, 3.05) is 44.8 Å². The molecule has 4 rings (SSSR count). The van der Waals surface area contributed by atoms with Crippen molar-refractivity contribution in [2.24, 2.45) is 0 Å². The van der Waals surface area contributed by atoms with Gasteiger partial charge >= 0.3 is 0 Å². The summed E-state index contributed by atoms with van der Waals surface area (Å²) in [4.78, 5) is 18.3. The molecule has 136 valence electrons. The van der Waals surface area contributed by atoms with Gasteiger partial charge in [-0.15, -0.1) is 0 Å². The number of benzene rings is 1. The summed E-state index contributed by atoms with van der Waals surface area (Å²) in [5, 5.41) is 0. The normalized spacial score (nSPS) is 15.7. The summed E-state index contributed by atoms with van der Waals surface area (Å²) in [6.07, 6.45) is 3.46. The number of nitrogens with zero attached hydrogens (tertiary/aromatic N) is 6. The van der Waals surface area contributed by atoms with Crippen LogP contribution in [-0.2, 0) is 17.8 Å². The first-order valence-corrected chi connectivity index (χ1v) is 9.01. The van der Waals surface area contributed by atoms with Gasteiger partial charge in [0.2, 0.25) is 0 Å². The molecular formula is C19H24N6O. The molecule has 2 aromatic heterocycles. The van der Waals surface area contributed by atoms with E-state index in [4.69, 9.17) is 4.74 Å². The lowest BCUT2D eigenvalue weighted by molar-refractivity contribution is 0.188. The fourth-order valence-corrected chi connectivity index (χ4v) is 3.41. The lowest BCUT2D eigenvalue weighted by Gasteiger charge is -2.35. The van der Waals surface area contributed by atoms with Gasteiger partial charge in [0.1, 0.15) is 6.33 Å².